The van der Waals surface area contributed by atoms with Crippen molar-refractivity contribution >= 4 is 11.7 Å². The summed E-state index contributed by atoms with van der Waals surface area (Å²) in [4.78, 5) is 16.2. The van der Waals surface area contributed by atoms with Gasteiger partial charge in [-0.05, 0) is 73.9 Å². The van der Waals surface area contributed by atoms with Crippen LogP contribution in [0.3, 0.4) is 0 Å². The number of hydrogen-bond donors (Lipinski definition) is 6. The fourth-order valence-corrected chi connectivity index (χ4v) is 9.16. The van der Waals surface area contributed by atoms with Crippen LogP contribution in [0.2, 0.25) is 0 Å². The van der Waals surface area contributed by atoms with E-state index in [0.717, 1.165) is 0 Å². The Balaban J connectivity index is 2.27. The second-order valence-corrected chi connectivity index (χ2v) is 16.7. The third-order valence-corrected chi connectivity index (χ3v) is 12.3. The molecule has 3 heterocycles. The SMILES string of the molecule is CC[C@H]1OC(=O)[C@H](C)[C@@H](C2C[C@@](C)(OC)[C@@H](O)[C@H](C)O2)[C@H](C)[C@@H](O[C@@H]2O[C@H](C)C[C@H](N(C)C)[C@H]2O)[C@](C)(O)C[C@@H](C)/C(=N\O)[C@H](C)[C@@H](O)[C@]1(C)O. The first kappa shape index (κ1) is 43.9. The standard InChI is InChI=1S/C37H68N2O12/c1-14-26-37(10,45)30(41)22(6)28(38-46)18(2)16-35(8,44)32(51-34-29(40)24(39(11)12)15-19(3)48-34)20(4)27(21(5)33(43)50-26)25-17-36(9,47-13)31(42)23(7)49-25/h18-27,29-32,34,40-42,44-46H,14-17H2,1-13H3/b38-28+/t18-,19-,20+,21-,22+,23+,24+,25?,26-,27+,29-,30-,31+,32-,34+,35-,36-,37-/m1/s1. The summed E-state index contributed by atoms with van der Waals surface area (Å²) in [5.41, 5.74) is -4.58. The van der Waals surface area contributed by atoms with Crippen molar-refractivity contribution in [1.82, 2.24) is 4.90 Å². The summed E-state index contributed by atoms with van der Waals surface area (Å²) in [5.74, 6) is -4.58. The number of methoxy groups -OCH3 is 1. The highest BCUT2D eigenvalue weighted by Gasteiger charge is 2.55. The monoisotopic (exact) mass is 732 g/mol. The van der Waals surface area contributed by atoms with Gasteiger partial charge >= 0.3 is 5.97 Å². The van der Waals surface area contributed by atoms with Crippen LogP contribution in [-0.4, -0.2) is 146 Å². The molecule has 0 amide bonds. The van der Waals surface area contributed by atoms with Crippen LogP contribution in [-0.2, 0) is 28.5 Å². The van der Waals surface area contributed by atoms with Crippen molar-refractivity contribution in [3.8, 4) is 0 Å². The number of esters is 1. The van der Waals surface area contributed by atoms with E-state index in [9.17, 15) is 35.5 Å². The molecule has 0 saturated carbocycles. The number of carbonyl (C=O) groups is 1. The van der Waals surface area contributed by atoms with Gasteiger partial charge in [0.25, 0.3) is 0 Å². The number of oxime groups is 1. The molecule has 0 aromatic heterocycles. The van der Waals surface area contributed by atoms with Gasteiger partial charge in [-0.15, -0.1) is 0 Å². The van der Waals surface area contributed by atoms with Gasteiger partial charge in [-0.1, -0.05) is 39.8 Å². The van der Waals surface area contributed by atoms with Gasteiger partial charge in [0.1, 0.15) is 23.9 Å². The highest BCUT2D eigenvalue weighted by Crippen LogP contribution is 2.45. The second kappa shape index (κ2) is 16.9. The summed E-state index contributed by atoms with van der Waals surface area (Å²) < 4.78 is 31.2. The van der Waals surface area contributed by atoms with E-state index in [1.165, 1.54) is 14.0 Å². The fraction of sp³-hybridized carbons (Fsp3) is 0.946. The van der Waals surface area contributed by atoms with Gasteiger partial charge in [-0.25, -0.2) is 0 Å². The lowest BCUT2D eigenvalue weighted by Gasteiger charge is -2.51. The number of rotatable bonds is 6. The highest BCUT2D eigenvalue weighted by molar-refractivity contribution is 5.88. The van der Waals surface area contributed by atoms with Crippen LogP contribution in [0, 0.1) is 29.6 Å². The van der Waals surface area contributed by atoms with Gasteiger partial charge in [-0.2, -0.15) is 0 Å². The molecule has 298 valence electrons. The first-order valence-corrected chi connectivity index (χ1v) is 18.6. The smallest absolute Gasteiger partial charge is 0.309 e. The molecular formula is C37H68N2O12. The fourth-order valence-electron chi connectivity index (χ4n) is 9.16. The Morgan fingerprint density at radius 2 is 1.55 bits per heavy atom. The van der Waals surface area contributed by atoms with Gasteiger partial charge in [0.2, 0.25) is 0 Å². The molecule has 3 rings (SSSR count). The zero-order valence-electron chi connectivity index (χ0n) is 33.0. The Kier molecular flexibility index (Phi) is 14.6. The predicted molar refractivity (Wildman–Crippen MR) is 189 cm³/mol. The van der Waals surface area contributed by atoms with Crippen molar-refractivity contribution in [2.24, 2.45) is 34.7 Å². The Labute approximate surface area is 304 Å². The molecule has 6 N–H and O–H groups in total. The van der Waals surface area contributed by atoms with E-state index in [1.807, 2.05) is 32.8 Å². The molecular weight excluding hydrogens is 664 g/mol. The van der Waals surface area contributed by atoms with E-state index in [0.29, 0.717) is 6.42 Å². The van der Waals surface area contributed by atoms with Crippen molar-refractivity contribution in [2.75, 3.05) is 21.2 Å². The molecule has 0 radical (unpaired) electrons. The molecule has 0 aromatic rings. The number of carbonyl (C=O) groups excluding carboxylic acids is 1. The lowest BCUT2D eigenvalue weighted by molar-refractivity contribution is -0.302. The molecule has 1 unspecified atom stereocenters. The molecule has 51 heavy (non-hydrogen) atoms. The van der Waals surface area contributed by atoms with Crippen molar-refractivity contribution in [3.05, 3.63) is 0 Å². The third kappa shape index (κ3) is 9.09. The number of ether oxygens (including phenoxy) is 5. The molecule has 0 bridgehead atoms. The van der Waals surface area contributed by atoms with Gasteiger partial charge in [0, 0.05) is 37.3 Å². The molecule has 0 aliphatic carbocycles. The summed E-state index contributed by atoms with van der Waals surface area (Å²) in [6.45, 7) is 17.0. The second-order valence-electron chi connectivity index (χ2n) is 16.7. The van der Waals surface area contributed by atoms with Crippen molar-refractivity contribution in [1.29, 1.82) is 0 Å². The molecule has 3 aliphatic rings. The van der Waals surface area contributed by atoms with Crippen molar-refractivity contribution < 1.29 is 59.2 Å². The van der Waals surface area contributed by atoms with Crippen LogP contribution in [0.1, 0.15) is 94.9 Å². The van der Waals surface area contributed by atoms with Crippen molar-refractivity contribution in [3.63, 3.8) is 0 Å². The Bertz CT molecular complexity index is 1180. The maximum Gasteiger partial charge on any atom is 0.309 e. The molecule has 14 heteroatoms. The zero-order chi connectivity index (χ0) is 39.0. The van der Waals surface area contributed by atoms with Crippen molar-refractivity contribution in [2.45, 2.75) is 173 Å². The minimum atomic E-state index is -1.94. The van der Waals surface area contributed by atoms with Gasteiger partial charge in [0.15, 0.2) is 6.29 Å². The van der Waals surface area contributed by atoms with Crippen LogP contribution in [0.15, 0.2) is 5.16 Å². The van der Waals surface area contributed by atoms with Crippen LogP contribution in [0.4, 0.5) is 0 Å². The predicted octanol–water partition coefficient (Wildman–Crippen LogP) is 2.32. The van der Waals surface area contributed by atoms with Crippen LogP contribution >= 0.6 is 0 Å². The molecule has 3 aliphatic heterocycles. The van der Waals surface area contributed by atoms with E-state index in [4.69, 9.17) is 23.7 Å². The highest BCUT2D eigenvalue weighted by atomic mass is 16.7. The number of likely N-dealkylation sites (N-methyl/N-ethyl adjacent to an activating group) is 1. The molecule has 18 atom stereocenters. The summed E-state index contributed by atoms with van der Waals surface area (Å²) in [7, 11) is 5.24. The number of cyclic esters (lactones) is 1. The Morgan fingerprint density at radius 1 is 0.941 bits per heavy atom. The van der Waals surface area contributed by atoms with Crippen LogP contribution in [0.5, 0.6) is 0 Å². The van der Waals surface area contributed by atoms with E-state index in [-0.39, 0.29) is 37.1 Å². The average Bonchev–Trinajstić information content (AvgIpc) is 3.04. The maximum absolute atomic E-state index is 14.3. The summed E-state index contributed by atoms with van der Waals surface area (Å²) in [6, 6.07) is -0.304. The normalized spacial score (nSPS) is 50.5. The Hall–Kier alpha value is -1.46. The van der Waals surface area contributed by atoms with E-state index in [2.05, 4.69) is 5.16 Å². The average molecular weight is 733 g/mol. The third-order valence-electron chi connectivity index (χ3n) is 12.3. The van der Waals surface area contributed by atoms with E-state index >= 15 is 0 Å². The lowest BCUT2D eigenvalue weighted by Crippen LogP contribution is -2.62. The number of nitrogens with zero attached hydrogens (tertiary/aromatic N) is 2. The summed E-state index contributed by atoms with van der Waals surface area (Å²) in [6.07, 6.45) is -7.79. The van der Waals surface area contributed by atoms with E-state index < -0.39 is 101 Å². The lowest BCUT2D eigenvalue weighted by atomic mass is 9.67. The van der Waals surface area contributed by atoms with Crippen LogP contribution < -0.4 is 0 Å². The molecule has 0 aromatic carbocycles. The topological polar surface area (TPSA) is 200 Å². The molecule has 14 nitrogen and oxygen atoms in total. The summed E-state index contributed by atoms with van der Waals surface area (Å²) in [5, 5.41) is 72.2. The molecule has 0 spiro atoms. The minimum absolute atomic E-state index is 0.0325. The van der Waals surface area contributed by atoms with Crippen LogP contribution in [0.25, 0.3) is 0 Å². The van der Waals surface area contributed by atoms with Gasteiger partial charge in [-0.3, -0.25) is 4.79 Å². The Morgan fingerprint density at radius 3 is 2.08 bits per heavy atom. The first-order valence-electron chi connectivity index (χ1n) is 18.6. The first-order chi connectivity index (χ1) is 23.5. The zero-order valence-corrected chi connectivity index (χ0v) is 33.0. The quantitative estimate of drug-likeness (QED) is 0.132. The maximum atomic E-state index is 14.3. The van der Waals surface area contributed by atoms with E-state index in [1.54, 1.807) is 48.5 Å². The number of aliphatic hydroxyl groups excluding tert-OH is 3. The number of aliphatic hydroxyl groups is 5. The van der Waals surface area contributed by atoms with Gasteiger partial charge < -0.3 is 59.3 Å². The minimum Gasteiger partial charge on any atom is -0.459 e. The molecule has 3 saturated heterocycles. The van der Waals surface area contributed by atoms with Gasteiger partial charge in [0.05, 0.1) is 53.4 Å². The largest absolute Gasteiger partial charge is 0.459 e. The molecule has 3 fully saturated rings. The summed E-state index contributed by atoms with van der Waals surface area (Å²) >= 11 is 0. The number of hydrogen-bond acceptors (Lipinski definition) is 14.